The highest BCUT2D eigenvalue weighted by molar-refractivity contribution is 7.99. The number of nitrogens with two attached hydrogens (primary N) is 1. The van der Waals surface area contributed by atoms with Crippen LogP contribution in [0.3, 0.4) is 0 Å². The Morgan fingerprint density at radius 3 is 2.58 bits per heavy atom. The molecular formula is C11H19N3O4S. The largest absolute Gasteiger partial charge is 0.480 e. The minimum Gasteiger partial charge on any atom is -0.480 e. The van der Waals surface area contributed by atoms with Gasteiger partial charge in [0.25, 0.3) is 0 Å². The zero-order valence-electron chi connectivity index (χ0n) is 11.0. The zero-order valence-corrected chi connectivity index (χ0v) is 11.9. The lowest BCUT2D eigenvalue weighted by Gasteiger charge is -2.30. The van der Waals surface area contributed by atoms with Crippen LogP contribution in [0.2, 0.25) is 0 Å². The summed E-state index contributed by atoms with van der Waals surface area (Å²) in [7, 11) is 0. The maximum absolute atomic E-state index is 12.3. The van der Waals surface area contributed by atoms with Gasteiger partial charge < -0.3 is 20.6 Å². The number of hydrogen-bond acceptors (Lipinski definition) is 4. The van der Waals surface area contributed by atoms with E-state index in [9.17, 15) is 14.4 Å². The van der Waals surface area contributed by atoms with Gasteiger partial charge in [0.05, 0.1) is 5.88 Å². The van der Waals surface area contributed by atoms with Crippen molar-refractivity contribution in [2.75, 3.05) is 24.7 Å². The molecule has 8 heteroatoms. The van der Waals surface area contributed by atoms with Gasteiger partial charge >= 0.3 is 12.0 Å². The van der Waals surface area contributed by atoms with Crippen LogP contribution in [0.1, 0.15) is 13.8 Å². The Morgan fingerprint density at radius 2 is 2.11 bits per heavy atom. The van der Waals surface area contributed by atoms with Gasteiger partial charge in [0.15, 0.2) is 0 Å². The Balaban J connectivity index is 2.79. The van der Waals surface area contributed by atoms with Crippen LogP contribution in [-0.4, -0.2) is 63.6 Å². The molecule has 1 aliphatic rings. The van der Waals surface area contributed by atoms with Gasteiger partial charge in [-0.15, -0.1) is 11.8 Å². The van der Waals surface area contributed by atoms with Crippen molar-refractivity contribution >= 4 is 29.7 Å². The Labute approximate surface area is 116 Å². The molecular weight excluding hydrogens is 270 g/mol. The summed E-state index contributed by atoms with van der Waals surface area (Å²) in [5.41, 5.74) is 5.13. The minimum atomic E-state index is -1.03. The molecule has 1 unspecified atom stereocenters. The molecule has 1 saturated heterocycles. The molecule has 0 aromatic rings. The first-order chi connectivity index (χ1) is 8.82. The fraction of sp³-hybridized carbons (Fsp3) is 0.727. The Bertz CT molecular complexity index is 375. The molecule has 0 spiro atoms. The van der Waals surface area contributed by atoms with Crippen molar-refractivity contribution in [3.05, 3.63) is 0 Å². The Morgan fingerprint density at radius 1 is 1.47 bits per heavy atom. The number of thioether (sulfide) groups is 1. The monoisotopic (exact) mass is 289 g/mol. The topological polar surface area (TPSA) is 104 Å². The van der Waals surface area contributed by atoms with Gasteiger partial charge in [-0.2, -0.15) is 0 Å². The maximum atomic E-state index is 12.3. The third-order valence-corrected chi connectivity index (χ3v) is 3.63. The quantitative estimate of drug-likeness (QED) is 0.742. The average Bonchev–Trinajstić information content (AvgIpc) is 2.74. The SMILES string of the molecule is CC(C)CN(CC(N)=O)C(=O)N1CSCC1C(=O)O. The van der Waals surface area contributed by atoms with E-state index in [4.69, 9.17) is 10.8 Å². The summed E-state index contributed by atoms with van der Waals surface area (Å²) in [5, 5.41) is 9.06. The Hall–Kier alpha value is -1.44. The summed E-state index contributed by atoms with van der Waals surface area (Å²) in [4.78, 5) is 37.0. The molecule has 0 bridgehead atoms. The molecule has 0 aromatic carbocycles. The summed E-state index contributed by atoms with van der Waals surface area (Å²) >= 11 is 1.38. The molecule has 1 fully saturated rings. The second-order valence-corrected chi connectivity index (χ2v) is 5.85. The molecule has 7 nitrogen and oxygen atoms in total. The number of primary amides is 1. The first-order valence-corrected chi connectivity index (χ1v) is 7.12. The number of nitrogens with zero attached hydrogens (tertiary/aromatic N) is 2. The third-order valence-electron chi connectivity index (χ3n) is 2.62. The van der Waals surface area contributed by atoms with Crippen LogP contribution in [0.4, 0.5) is 4.79 Å². The van der Waals surface area contributed by atoms with Crippen molar-refractivity contribution in [2.45, 2.75) is 19.9 Å². The van der Waals surface area contributed by atoms with Gasteiger partial charge in [0.2, 0.25) is 5.91 Å². The molecule has 0 aromatic heterocycles. The summed E-state index contributed by atoms with van der Waals surface area (Å²) in [6.07, 6.45) is 0. The van der Waals surface area contributed by atoms with Gasteiger partial charge in [-0.3, -0.25) is 4.79 Å². The number of carbonyl (C=O) groups is 3. The van der Waals surface area contributed by atoms with E-state index in [1.54, 1.807) is 0 Å². The number of carboxylic acid groups (broad SMARTS) is 1. The molecule has 19 heavy (non-hydrogen) atoms. The van der Waals surface area contributed by atoms with E-state index in [-0.39, 0.29) is 12.5 Å². The molecule has 1 rings (SSSR count). The first-order valence-electron chi connectivity index (χ1n) is 5.97. The summed E-state index contributed by atoms with van der Waals surface area (Å²) < 4.78 is 0. The van der Waals surface area contributed by atoms with Crippen LogP contribution in [-0.2, 0) is 9.59 Å². The predicted octanol–water partition coefficient (Wildman–Crippen LogP) is 0.00920. The summed E-state index contributed by atoms with van der Waals surface area (Å²) in [5.74, 6) is -0.771. The fourth-order valence-corrected chi connectivity index (χ4v) is 2.99. The van der Waals surface area contributed by atoms with Crippen molar-refractivity contribution in [1.29, 1.82) is 0 Å². The van der Waals surface area contributed by atoms with E-state index in [2.05, 4.69) is 0 Å². The molecule has 1 aliphatic heterocycles. The third kappa shape index (κ3) is 4.30. The normalized spacial score (nSPS) is 18.7. The van der Waals surface area contributed by atoms with E-state index >= 15 is 0 Å². The first kappa shape index (κ1) is 15.6. The zero-order chi connectivity index (χ0) is 14.6. The Kier molecular flexibility index (Phi) is 5.46. The fourth-order valence-electron chi connectivity index (χ4n) is 1.86. The number of urea groups is 1. The molecule has 0 aliphatic carbocycles. The molecule has 1 heterocycles. The second-order valence-electron chi connectivity index (χ2n) is 4.85. The van der Waals surface area contributed by atoms with E-state index in [0.29, 0.717) is 18.2 Å². The number of carboxylic acids is 1. The molecule has 1 atom stereocenters. The van der Waals surface area contributed by atoms with Crippen LogP contribution in [0.15, 0.2) is 0 Å². The van der Waals surface area contributed by atoms with Crippen LogP contribution in [0.5, 0.6) is 0 Å². The van der Waals surface area contributed by atoms with E-state index < -0.39 is 23.9 Å². The summed E-state index contributed by atoms with van der Waals surface area (Å²) in [6.45, 7) is 4.00. The smallest absolute Gasteiger partial charge is 0.327 e. The second kappa shape index (κ2) is 6.65. The standard InChI is InChI=1S/C11H19N3O4S/c1-7(2)3-13(4-9(12)15)11(18)14-6-19-5-8(14)10(16)17/h7-8H,3-6H2,1-2H3,(H2,12,15)(H,16,17). The van der Waals surface area contributed by atoms with Crippen LogP contribution in [0.25, 0.3) is 0 Å². The van der Waals surface area contributed by atoms with Crippen molar-refractivity contribution < 1.29 is 19.5 Å². The predicted molar refractivity (Wildman–Crippen MR) is 71.6 cm³/mol. The highest BCUT2D eigenvalue weighted by Gasteiger charge is 2.37. The van der Waals surface area contributed by atoms with Crippen LogP contribution < -0.4 is 5.73 Å². The maximum Gasteiger partial charge on any atom is 0.327 e. The number of hydrogen-bond donors (Lipinski definition) is 2. The van der Waals surface area contributed by atoms with Gasteiger partial charge in [0.1, 0.15) is 12.6 Å². The lowest BCUT2D eigenvalue weighted by atomic mass is 10.2. The molecule has 3 N–H and O–H groups in total. The van der Waals surface area contributed by atoms with Crippen molar-refractivity contribution in [3.63, 3.8) is 0 Å². The number of aliphatic carboxylic acids is 1. The van der Waals surface area contributed by atoms with E-state index in [1.165, 1.54) is 21.6 Å². The van der Waals surface area contributed by atoms with Gasteiger partial charge in [-0.25, -0.2) is 9.59 Å². The van der Waals surface area contributed by atoms with Crippen molar-refractivity contribution in [2.24, 2.45) is 11.7 Å². The minimum absolute atomic E-state index is 0.168. The lowest BCUT2D eigenvalue weighted by molar-refractivity contribution is -0.140. The van der Waals surface area contributed by atoms with Crippen molar-refractivity contribution in [3.8, 4) is 0 Å². The van der Waals surface area contributed by atoms with E-state index in [0.717, 1.165) is 0 Å². The molecule has 108 valence electrons. The number of amides is 3. The van der Waals surface area contributed by atoms with Crippen LogP contribution >= 0.6 is 11.8 Å². The van der Waals surface area contributed by atoms with Crippen molar-refractivity contribution in [1.82, 2.24) is 9.80 Å². The summed E-state index contributed by atoms with van der Waals surface area (Å²) in [6, 6.07) is -1.27. The average molecular weight is 289 g/mol. The highest BCUT2D eigenvalue weighted by Crippen LogP contribution is 2.22. The van der Waals surface area contributed by atoms with Gasteiger partial charge in [0, 0.05) is 12.3 Å². The van der Waals surface area contributed by atoms with E-state index in [1.807, 2.05) is 13.8 Å². The molecule has 0 saturated carbocycles. The van der Waals surface area contributed by atoms with Crippen LogP contribution in [0, 0.1) is 5.92 Å². The molecule has 0 radical (unpaired) electrons. The number of carbonyl (C=O) groups excluding carboxylic acids is 2. The van der Waals surface area contributed by atoms with Gasteiger partial charge in [-0.1, -0.05) is 13.8 Å². The highest BCUT2D eigenvalue weighted by atomic mass is 32.2. The molecule has 3 amide bonds. The van der Waals surface area contributed by atoms with Gasteiger partial charge in [-0.05, 0) is 5.92 Å². The lowest BCUT2D eigenvalue weighted by Crippen LogP contribution is -2.51. The number of rotatable bonds is 5.